The van der Waals surface area contributed by atoms with Gasteiger partial charge in [-0.2, -0.15) is 22.0 Å². The molecule has 3 aliphatic heterocycles. The van der Waals surface area contributed by atoms with Gasteiger partial charge in [-0.25, -0.2) is 15.2 Å². The molecule has 5 rings (SSSR count). The molecule has 0 aromatic carbocycles. The zero-order valence-electron chi connectivity index (χ0n) is 22.0. The molecule has 0 radical (unpaired) electrons. The molecule has 2 aliphatic carbocycles. The molecule has 7 nitrogen and oxygen atoms in total. The first-order valence-electron chi connectivity index (χ1n) is 13.9. The highest BCUT2D eigenvalue weighted by Gasteiger charge is 2.63. The van der Waals surface area contributed by atoms with E-state index < -0.39 is 53.6 Å². The number of hydrogen-bond acceptors (Lipinski definition) is 6. The summed E-state index contributed by atoms with van der Waals surface area (Å²) in [6.07, 6.45) is -4.38. The van der Waals surface area contributed by atoms with Gasteiger partial charge in [0.1, 0.15) is 6.17 Å². The highest BCUT2D eigenvalue weighted by atomic mass is 19.4. The molecule has 0 aromatic rings. The van der Waals surface area contributed by atoms with Gasteiger partial charge < -0.3 is 10.2 Å². The van der Waals surface area contributed by atoms with Gasteiger partial charge in [0.05, 0.1) is 12.6 Å². The lowest BCUT2D eigenvalue weighted by Crippen LogP contribution is -2.62. The van der Waals surface area contributed by atoms with E-state index in [4.69, 9.17) is 0 Å². The Bertz CT molecular complexity index is 868. The number of carbonyl (C=O) groups excluding carboxylic acids is 1. The van der Waals surface area contributed by atoms with E-state index in [0.29, 0.717) is 45.4 Å². The second kappa shape index (κ2) is 10.4. The molecule has 1 amide bonds. The van der Waals surface area contributed by atoms with E-state index >= 15 is 13.2 Å². The normalized spacial score (nSPS) is 39.8. The molecular formula is C25H40F6N6O. The van der Waals surface area contributed by atoms with Gasteiger partial charge in [0.15, 0.2) is 5.67 Å². The Morgan fingerprint density at radius 1 is 0.947 bits per heavy atom. The summed E-state index contributed by atoms with van der Waals surface area (Å²) in [7, 11) is 1.47. The number of fused-ring (bicyclic) bond motifs is 1. The highest BCUT2D eigenvalue weighted by Crippen LogP contribution is 2.52. The Labute approximate surface area is 220 Å². The number of carbonyl (C=O) groups is 1. The van der Waals surface area contributed by atoms with E-state index in [-0.39, 0.29) is 44.4 Å². The van der Waals surface area contributed by atoms with Gasteiger partial charge >= 0.3 is 12.1 Å². The van der Waals surface area contributed by atoms with Crippen LogP contribution in [0.3, 0.4) is 0 Å². The average molecular weight is 555 g/mol. The van der Waals surface area contributed by atoms with Gasteiger partial charge in [0, 0.05) is 56.6 Å². The first-order chi connectivity index (χ1) is 17.8. The molecule has 218 valence electrons. The van der Waals surface area contributed by atoms with Gasteiger partial charge in [0.25, 0.3) is 0 Å². The number of halogens is 6. The largest absolute Gasteiger partial charge is 0.392 e. The molecular weight excluding hydrogens is 514 g/mol. The van der Waals surface area contributed by atoms with Crippen LogP contribution in [-0.2, 0) is 4.79 Å². The lowest BCUT2D eigenvalue weighted by molar-refractivity contribution is -0.205. The van der Waals surface area contributed by atoms with Crippen LogP contribution in [-0.4, -0.2) is 103 Å². The Kier molecular flexibility index (Phi) is 7.73. The maximum Gasteiger partial charge on any atom is 0.392 e. The first-order valence-corrected chi connectivity index (χ1v) is 13.9. The average Bonchev–Trinajstić information content (AvgIpc) is 3.47. The Morgan fingerprint density at radius 3 is 2.29 bits per heavy atom. The number of likely N-dealkylation sites (tertiary alicyclic amines) is 1. The lowest BCUT2D eigenvalue weighted by Gasteiger charge is -2.45. The Hall–Kier alpha value is -1.15. The minimum atomic E-state index is -4.42. The molecule has 3 saturated heterocycles. The van der Waals surface area contributed by atoms with E-state index in [1.807, 2.05) is 0 Å². The zero-order valence-corrected chi connectivity index (χ0v) is 22.0. The summed E-state index contributed by atoms with van der Waals surface area (Å²) >= 11 is 0. The minimum Gasteiger partial charge on any atom is -0.339 e. The molecule has 3 N–H and O–H groups in total. The summed E-state index contributed by atoms with van der Waals surface area (Å²) in [5.74, 6) is -8.22. The van der Waals surface area contributed by atoms with Crippen molar-refractivity contribution in [3.63, 3.8) is 0 Å². The number of hydrogen-bond donors (Lipinski definition) is 3. The third-order valence-electron chi connectivity index (χ3n) is 10.0. The number of piperazine rings is 1. The van der Waals surface area contributed by atoms with Crippen LogP contribution in [0.1, 0.15) is 45.4 Å². The van der Waals surface area contributed by atoms with Gasteiger partial charge in [-0.3, -0.25) is 14.6 Å². The Morgan fingerprint density at radius 2 is 1.66 bits per heavy atom. The first kappa shape index (κ1) is 28.4. The third-order valence-corrected chi connectivity index (χ3v) is 10.0. The predicted octanol–water partition coefficient (Wildman–Crippen LogP) is 2.55. The number of nitrogens with zero attached hydrogens (tertiary/aromatic N) is 3. The number of alkyl halides is 6. The van der Waals surface area contributed by atoms with Crippen LogP contribution >= 0.6 is 0 Å². The SMILES string of the molecule is CN1CNNC1C(F)(F)[C@](C)(F)C1CCCC(N2CC3C(CC(N4CCNCC4)CC3C(F)(F)F)C2=O)C1. The topological polar surface area (TPSA) is 62.9 Å². The third kappa shape index (κ3) is 4.95. The molecule has 8 atom stereocenters. The second-order valence-electron chi connectivity index (χ2n) is 12.2. The van der Waals surface area contributed by atoms with Gasteiger partial charge in [-0.15, -0.1) is 0 Å². The van der Waals surface area contributed by atoms with E-state index in [0.717, 1.165) is 6.92 Å². The fourth-order valence-electron chi connectivity index (χ4n) is 7.75. The molecule has 0 bridgehead atoms. The van der Waals surface area contributed by atoms with Crippen molar-refractivity contribution in [3.05, 3.63) is 0 Å². The van der Waals surface area contributed by atoms with Gasteiger partial charge in [0.2, 0.25) is 5.91 Å². The van der Waals surface area contributed by atoms with E-state index in [2.05, 4.69) is 21.1 Å². The lowest BCUT2D eigenvalue weighted by atomic mass is 9.70. The van der Waals surface area contributed by atoms with Crippen molar-refractivity contribution >= 4 is 5.91 Å². The summed E-state index contributed by atoms with van der Waals surface area (Å²) in [6, 6.07) is -0.845. The minimum absolute atomic E-state index is 0.0234. The van der Waals surface area contributed by atoms with Crippen LogP contribution in [0.15, 0.2) is 0 Å². The molecule has 2 saturated carbocycles. The monoisotopic (exact) mass is 554 g/mol. The van der Waals surface area contributed by atoms with Crippen molar-refractivity contribution in [1.29, 1.82) is 0 Å². The van der Waals surface area contributed by atoms with Crippen molar-refractivity contribution in [3.8, 4) is 0 Å². The van der Waals surface area contributed by atoms with Crippen LogP contribution in [0.5, 0.6) is 0 Å². The van der Waals surface area contributed by atoms with Crippen molar-refractivity contribution in [1.82, 2.24) is 30.9 Å². The van der Waals surface area contributed by atoms with Crippen molar-refractivity contribution in [2.75, 3.05) is 46.4 Å². The summed E-state index contributed by atoms with van der Waals surface area (Å²) in [4.78, 5) is 18.5. The van der Waals surface area contributed by atoms with Crippen molar-refractivity contribution < 1.29 is 31.1 Å². The molecule has 13 heteroatoms. The van der Waals surface area contributed by atoms with Gasteiger partial charge in [-0.05, 0) is 52.0 Å². The molecule has 5 fully saturated rings. The van der Waals surface area contributed by atoms with E-state index in [1.165, 1.54) is 16.8 Å². The molecule has 38 heavy (non-hydrogen) atoms. The van der Waals surface area contributed by atoms with Crippen LogP contribution < -0.4 is 16.2 Å². The summed E-state index contributed by atoms with van der Waals surface area (Å²) in [6.45, 7) is 3.76. The fraction of sp³-hybridized carbons (Fsp3) is 0.960. The smallest absolute Gasteiger partial charge is 0.339 e. The van der Waals surface area contributed by atoms with Crippen molar-refractivity contribution in [2.24, 2.45) is 23.7 Å². The number of rotatable bonds is 5. The van der Waals surface area contributed by atoms with Crippen LogP contribution in [0.25, 0.3) is 0 Å². The van der Waals surface area contributed by atoms with Crippen molar-refractivity contribution in [2.45, 2.75) is 81.5 Å². The number of amides is 1. The quantitative estimate of drug-likeness (QED) is 0.455. The maximum atomic E-state index is 16.0. The summed E-state index contributed by atoms with van der Waals surface area (Å²) in [5, 5.41) is 3.21. The molecule has 3 heterocycles. The standard InChI is InChI=1S/C25H40F6N6O/c1-23(26,24(27,28)22-34-33-14-35(22)2)15-4-3-5-16(10-15)37-13-19-18(21(37)38)11-17(12-20(19)25(29,30)31)36-8-6-32-7-9-36/h15-20,22,32-34H,3-14H2,1-2H3/t15?,16?,17?,18?,19?,20?,22?,23-/m1/s1. The fourth-order valence-corrected chi connectivity index (χ4v) is 7.75. The second-order valence-corrected chi connectivity index (χ2v) is 12.2. The highest BCUT2D eigenvalue weighted by molar-refractivity contribution is 5.82. The van der Waals surface area contributed by atoms with Crippen LogP contribution in [0, 0.1) is 23.7 Å². The van der Waals surface area contributed by atoms with E-state index in [1.54, 1.807) is 0 Å². The molecule has 7 unspecified atom stereocenters. The molecule has 5 aliphatic rings. The summed E-state index contributed by atoms with van der Waals surface area (Å²) in [5.41, 5.74) is 2.21. The van der Waals surface area contributed by atoms with E-state index in [9.17, 15) is 18.0 Å². The molecule has 0 aromatic heterocycles. The zero-order chi connectivity index (χ0) is 27.5. The van der Waals surface area contributed by atoms with Crippen LogP contribution in [0.2, 0.25) is 0 Å². The Balaban J connectivity index is 1.32. The predicted molar refractivity (Wildman–Crippen MR) is 129 cm³/mol. The van der Waals surface area contributed by atoms with Gasteiger partial charge in [-0.1, -0.05) is 6.42 Å². The number of nitrogens with one attached hydrogen (secondary N) is 3. The maximum absolute atomic E-state index is 16.0. The van der Waals surface area contributed by atoms with Crippen LogP contribution in [0.4, 0.5) is 26.3 Å². The molecule has 0 spiro atoms. The number of hydrazine groups is 1. The summed E-state index contributed by atoms with van der Waals surface area (Å²) < 4.78 is 89.6.